The van der Waals surface area contributed by atoms with E-state index in [-0.39, 0.29) is 0 Å². The van der Waals surface area contributed by atoms with Crippen LogP contribution in [0.3, 0.4) is 0 Å². The Morgan fingerprint density at radius 2 is 1.14 bits per heavy atom. The maximum absolute atomic E-state index is 6.87. The summed E-state index contributed by atoms with van der Waals surface area (Å²) in [7, 11) is 0. The second kappa shape index (κ2) is 13.3. The summed E-state index contributed by atoms with van der Waals surface area (Å²) in [4.78, 5) is 5.07. The lowest BCUT2D eigenvalue weighted by Gasteiger charge is -2.34. The summed E-state index contributed by atoms with van der Waals surface area (Å²) in [5, 5.41) is 0. The number of benzene rings is 6. The van der Waals surface area contributed by atoms with Crippen molar-refractivity contribution in [2.75, 3.05) is 6.54 Å². The van der Waals surface area contributed by atoms with Gasteiger partial charge in [0.05, 0.1) is 11.1 Å². The molecule has 0 bridgehead atoms. The monoisotopic (exact) mass is 630 g/mol. The van der Waals surface area contributed by atoms with Gasteiger partial charge in [0.25, 0.3) is 0 Å². The summed E-state index contributed by atoms with van der Waals surface area (Å²) in [5.41, 5.74) is 20.1. The Morgan fingerprint density at radius 3 is 1.76 bits per heavy atom. The quantitative estimate of drug-likeness (QED) is 0.167. The summed E-state index contributed by atoms with van der Waals surface area (Å²) >= 11 is 0. The molecule has 2 aliphatic rings. The largest absolute Gasteiger partial charge is 0.398 e. The third kappa shape index (κ3) is 5.66. The molecule has 2 nitrogen and oxygen atoms in total. The van der Waals surface area contributed by atoms with Gasteiger partial charge in [-0.2, -0.15) is 0 Å². The SMILES string of the molecule is N/C(=C\C(=NCC1C=CC=CC1)c1ccccc1)c1ccc(C2(c3ccc(-c4ccccc4)cc3)c3ccccc3-c3ccccc32)cc1. The summed E-state index contributed by atoms with van der Waals surface area (Å²) in [5.74, 6) is 0.396. The molecule has 0 saturated carbocycles. The molecule has 49 heavy (non-hydrogen) atoms. The number of rotatable bonds is 8. The van der Waals surface area contributed by atoms with Gasteiger partial charge in [0.15, 0.2) is 0 Å². The standard InChI is InChI=1S/C47H38N2/c48-45(32-46(38-18-8-3-9-19-38)49-33-34-14-4-1-5-15-34)37-26-30-40(31-27-37)47(39-28-24-36(25-29-39)35-16-6-2-7-17-35)43-22-12-10-20-41(43)42-21-11-13-23-44(42)47/h1-14,16-32,34H,15,33,48H2/b45-32-,49-46?. The Balaban J connectivity index is 1.21. The van der Waals surface area contributed by atoms with Crippen LogP contribution in [0.4, 0.5) is 0 Å². The number of allylic oxidation sites excluding steroid dienone is 4. The fourth-order valence-electron chi connectivity index (χ4n) is 7.52. The molecule has 0 fully saturated rings. The van der Waals surface area contributed by atoms with Gasteiger partial charge in [0.2, 0.25) is 0 Å². The fourth-order valence-corrected chi connectivity index (χ4v) is 7.52. The van der Waals surface area contributed by atoms with Gasteiger partial charge in [-0.25, -0.2) is 0 Å². The van der Waals surface area contributed by atoms with Crippen molar-refractivity contribution in [1.29, 1.82) is 0 Å². The van der Waals surface area contributed by atoms with E-state index in [1.54, 1.807) is 0 Å². The minimum atomic E-state index is -0.474. The second-order valence-electron chi connectivity index (χ2n) is 12.9. The number of aliphatic imine (C=N–C) groups is 1. The van der Waals surface area contributed by atoms with E-state index in [0.29, 0.717) is 11.6 Å². The van der Waals surface area contributed by atoms with Crippen LogP contribution in [0.1, 0.15) is 39.8 Å². The lowest BCUT2D eigenvalue weighted by molar-refractivity contribution is 0.671. The molecule has 0 heterocycles. The molecule has 2 N–H and O–H groups in total. The topological polar surface area (TPSA) is 38.4 Å². The van der Waals surface area contributed by atoms with E-state index >= 15 is 0 Å². The maximum Gasteiger partial charge on any atom is 0.0713 e. The second-order valence-corrected chi connectivity index (χ2v) is 12.9. The third-order valence-electron chi connectivity index (χ3n) is 9.96. The first-order valence-corrected chi connectivity index (χ1v) is 17.1. The molecular formula is C47H38N2. The van der Waals surface area contributed by atoms with Gasteiger partial charge in [-0.3, -0.25) is 4.99 Å². The molecule has 0 radical (unpaired) electrons. The van der Waals surface area contributed by atoms with Crippen LogP contribution in [0.2, 0.25) is 0 Å². The summed E-state index contributed by atoms with van der Waals surface area (Å²) in [6.45, 7) is 0.720. The highest BCUT2D eigenvalue weighted by Crippen LogP contribution is 2.56. The van der Waals surface area contributed by atoms with Gasteiger partial charge in [-0.15, -0.1) is 0 Å². The Morgan fingerprint density at radius 1 is 0.592 bits per heavy atom. The van der Waals surface area contributed by atoms with Gasteiger partial charge in [0, 0.05) is 18.2 Å². The van der Waals surface area contributed by atoms with Crippen LogP contribution in [0, 0.1) is 5.92 Å². The van der Waals surface area contributed by atoms with Crippen LogP contribution in [0.5, 0.6) is 0 Å². The van der Waals surface area contributed by atoms with Crippen molar-refractivity contribution < 1.29 is 0 Å². The smallest absolute Gasteiger partial charge is 0.0713 e. The van der Waals surface area contributed by atoms with Crippen LogP contribution in [0.25, 0.3) is 28.0 Å². The van der Waals surface area contributed by atoms with E-state index < -0.39 is 5.41 Å². The third-order valence-corrected chi connectivity index (χ3v) is 9.96. The van der Waals surface area contributed by atoms with Crippen molar-refractivity contribution in [2.45, 2.75) is 11.8 Å². The first-order valence-electron chi connectivity index (χ1n) is 17.1. The molecule has 6 aromatic carbocycles. The molecule has 1 atom stereocenters. The zero-order valence-electron chi connectivity index (χ0n) is 27.4. The predicted octanol–water partition coefficient (Wildman–Crippen LogP) is 10.6. The van der Waals surface area contributed by atoms with E-state index in [1.807, 2.05) is 12.1 Å². The number of hydrogen-bond donors (Lipinski definition) is 1. The first kappa shape index (κ1) is 30.4. The van der Waals surface area contributed by atoms with E-state index in [4.69, 9.17) is 10.7 Å². The zero-order chi connectivity index (χ0) is 33.0. The molecule has 2 aliphatic carbocycles. The Labute approximate surface area is 289 Å². The van der Waals surface area contributed by atoms with Gasteiger partial charge in [-0.05, 0) is 68.1 Å². The normalized spacial score (nSPS) is 16.3. The Bertz CT molecular complexity index is 2160. The van der Waals surface area contributed by atoms with Gasteiger partial charge >= 0.3 is 0 Å². The fraction of sp³-hybridized carbons (Fsp3) is 0.0851. The molecule has 236 valence electrons. The molecule has 1 unspecified atom stereocenters. The minimum Gasteiger partial charge on any atom is -0.398 e. The van der Waals surface area contributed by atoms with Crippen LogP contribution >= 0.6 is 0 Å². The highest BCUT2D eigenvalue weighted by Gasteiger charge is 2.45. The highest BCUT2D eigenvalue weighted by atomic mass is 14.7. The minimum absolute atomic E-state index is 0.396. The van der Waals surface area contributed by atoms with E-state index in [2.05, 4.69) is 176 Å². The number of hydrogen-bond acceptors (Lipinski definition) is 2. The van der Waals surface area contributed by atoms with E-state index in [0.717, 1.165) is 29.8 Å². The summed E-state index contributed by atoms with van der Waals surface area (Å²) < 4.78 is 0. The zero-order valence-corrected chi connectivity index (χ0v) is 27.4. The average Bonchev–Trinajstić information content (AvgIpc) is 3.49. The molecule has 0 saturated heterocycles. The Kier molecular flexibility index (Phi) is 8.21. The lowest BCUT2D eigenvalue weighted by atomic mass is 9.67. The molecule has 0 amide bonds. The molecule has 0 spiro atoms. The summed E-state index contributed by atoms with van der Waals surface area (Å²) in [6.07, 6.45) is 11.7. The number of nitrogens with two attached hydrogens (primary N) is 1. The number of nitrogens with zero attached hydrogens (tertiary/aromatic N) is 1. The maximum atomic E-state index is 6.87. The predicted molar refractivity (Wildman–Crippen MR) is 206 cm³/mol. The van der Waals surface area contributed by atoms with Crippen molar-refractivity contribution in [3.63, 3.8) is 0 Å². The number of fused-ring (bicyclic) bond motifs is 3. The van der Waals surface area contributed by atoms with E-state index in [9.17, 15) is 0 Å². The van der Waals surface area contributed by atoms with Crippen molar-refractivity contribution >= 4 is 11.4 Å². The lowest BCUT2D eigenvalue weighted by Crippen LogP contribution is -2.28. The first-order chi connectivity index (χ1) is 24.2. The van der Waals surface area contributed by atoms with Crippen LogP contribution in [-0.2, 0) is 5.41 Å². The van der Waals surface area contributed by atoms with Crippen LogP contribution in [-0.4, -0.2) is 12.3 Å². The van der Waals surface area contributed by atoms with E-state index in [1.165, 1.54) is 44.5 Å². The molecule has 6 aromatic rings. The average molecular weight is 631 g/mol. The molecule has 0 aromatic heterocycles. The van der Waals surface area contributed by atoms with Crippen LogP contribution < -0.4 is 5.73 Å². The van der Waals surface area contributed by atoms with Gasteiger partial charge < -0.3 is 5.73 Å². The van der Waals surface area contributed by atoms with Crippen molar-refractivity contribution in [1.82, 2.24) is 0 Å². The molecular weight excluding hydrogens is 593 g/mol. The van der Waals surface area contributed by atoms with Crippen molar-refractivity contribution in [3.05, 3.63) is 221 Å². The Hall–Kier alpha value is -5.99. The van der Waals surface area contributed by atoms with Gasteiger partial charge in [0.1, 0.15) is 0 Å². The van der Waals surface area contributed by atoms with Crippen molar-refractivity contribution in [3.8, 4) is 22.3 Å². The molecule has 0 aliphatic heterocycles. The molecule has 8 rings (SSSR count). The van der Waals surface area contributed by atoms with Gasteiger partial charge in [-0.1, -0.05) is 182 Å². The highest BCUT2D eigenvalue weighted by molar-refractivity contribution is 6.12. The summed E-state index contributed by atoms with van der Waals surface area (Å²) in [6, 6.07) is 56.6. The van der Waals surface area contributed by atoms with Crippen molar-refractivity contribution in [2.24, 2.45) is 16.6 Å². The molecule has 2 heteroatoms. The van der Waals surface area contributed by atoms with Crippen LogP contribution in [0.15, 0.2) is 193 Å².